The van der Waals surface area contributed by atoms with E-state index in [2.05, 4.69) is 0 Å². The molecule has 0 radical (unpaired) electrons. The molecule has 4 heteroatoms. The van der Waals surface area contributed by atoms with E-state index >= 15 is 0 Å². The summed E-state index contributed by atoms with van der Waals surface area (Å²) in [6.45, 7) is 1.90. The van der Waals surface area contributed by atoms with E-state index < -0.39 is 10.8 Å². The molecule has 1 rings (SSSR count). The number of nitrogens with two attached hydrogens (primary N) is 1. The topological polar surface area (TPSA) is 52.3 Å². The van der Waals surface area contributed by atoms with E-state index in [1.165, 1.54) is 0 Å². The zero-order chi connectivity index (χ0) is 11.3. The van der Waals surface area contributed by atoms with Crippen LogP contribution in [0.4, 0.5) is 0 Å². The van der Waals surface area contributed by atoms with Crippen LogP contribution in [0.15, 0.2) is 24.3 Å². The number of benzene rings is 1. The Balaban J connectivity index is 2.65. The van der Waals surface area contributed by atoms with Crippen LogP contribution in [0.3, 0.4) is 0 Å². The molecule has 0 aliphatic rings. The fourth-order valence-corrected chi connectivity index (χ4v) is 2.09. The van der Waals surface area contributed by atoms with Gasteiger partial charge in [0.25, 0.3) is 0 Å². The molecule has 0 aromatic heterocycles. The molecule has 0 saturated carbocycles. The van der Waals surface area contributed by atoms with Gasteiger partial charge < -0.3 is 10.5 Å². The molecule has 1 aromatic carbocycles. The lowest BCUT2D eigenvalue weighted by atomic mass is 10.1. The first-order chi connectivity index (χ1) is 7.17. The van der Waals surface area contributed by atoms with E-state index in [0.29, 0.717) is 11.5 Å². The quantitative estimate of drug-likeness (QED) is 0.828. The lowest BCUT2D eigenvalue weighted by Crippen LogP contribution is -2.18. The highest BCUT2D eigenvalue weighted by Gasteiger charge is 2.09. The minimum Gasteiger partial charge on any atom is -0.497 e. The number of hydrogen-bond donors (Lipinski definition) is 1. The molecule has 0 spiro atoms. The van der Waals surface area contributed by atoms with Gasteiger partial charge in [0, 0.05) is 28.3 Å². The molecule has 2 atom stereocenters. The van der Waals surface area contributed by atoms with Crippen LogP contribution < -0.4 is 10.5 Å². The molecule has 15 heavy (non-hydrogen) atoms. The minimum absolute atomic E-state index is 0.156. The van der Waals surface area contributed by atoms with Crippen LogP contribution in [-0.4, -0.2) is 22.8 Å². The van der Waals surface area contributed by atoms with Crippen molar-refractivity contribution < 1.29 is 8.95 Å². The first-order valence-corrected chi connectivity index (χ1v) is 6.40. The summed E-state index contributed by atoms with van der Waals surface area (Å²) in [7, 11) is 0.805. The van der Waals surface area contributed by atoms with E-state index in [4.69, 9.17) is 10.5 Å². The highest BCUT2D eigenvalue weighted by molar-refractivity contribution is 7.84. The van der Waals surface area contributed by atoms with Crippen molar-refractivity contribution in [2.24, 2.45) is 5.73 Å². The molecule has 2 unspecified atom stereocenters. The van der Waals surface area contributed by atoms with Gasteiger partial charge in [0.05, 0.1) is 7.11 Å². The van der Waals surface area contributed by atoms with Gasteiger partial charge in [0.1, 0.15) is 5.75 Å². The van der Waals surface area contributed by atoms with E-state index in [-0.39, 0.29) is 6.04 Å². The Morgan fingerprint density at radius 2 is 2.00 bits per heavy atom. The third kappa shape index (κ3) is 3.64. The highest BCUT2D eigenvalue weighted by atomic mass is 32.2. The standard InChI is InChI=1S/C11H17NO2S/c1-3-15(13)8-11(12)9-4-6-10(14-2)7-5-9/h4-7,11H,3,8,12H2,1-2H3. The van der Waals surface area contributed by atoms with Crippen molar-refractivity contribution in [1.82, 2.24) is 0 Å². The Morgan fingerprint density at radius 1 is 1.40 bits per heavy atom. The van der Waals surface area contributed by atoms with Crippen molar-refractivity contribution in [3.63, 3.8) is 0 Å². The maximum atomic E-state index is 11.3. The molecular weight excluding hydrogens is 210 g/mol. The maximum absolute atomic E-state index is 11.3. The Kier molecular flexibility index (Phi) is 4.78. The van der Waals surface area contributed by atoms with Gasteiger partial charge in [0.15, 0.2) is 0 Å². The first-order valence-electron chi connectivity index (χ1n) is 4.92. The summed E-state index contributed by atoms with van der Waals surface area (Å²) in [5, 5.41) is 0. The van der Waals surface area contributed by atoms with E-state index in [9.17, 15) is 4.21 Å². The van der Waals surface area contributed by atoms with Crippen LogP contribution in [0.5, 0.6) is 5.75 Å². The summed E-state index contributed by atoms with van der Waals surface area (Å²) >= 11 is 0. The van der Waals surface area contributed by atoms with Crippen molar-refractivity contribution in [1.29, 1.82) is 0 Å². The lowest BCUT2D eigenvalue weighted by Gasteiger charge is -2.11. The van der Waals surface area contributed by atoms with E-state index in [0.717, 1.165) is 11.3 Å². The second-order valence-electron chi connectivity index (χ2n) is 3.27. The second-order valence-corrected chi connectivity index (χ2v) is 5.07. The van der Waals surface area contributed by atoms with Gasteiger partial charge in [-0.25, -0.2) is 0 Å². The Bertz CT molecular complexity index is 324. The molecule has 1 aromatic rings. The summed E-state index contributed by atoms with van der Waals surface area (Å²) in [5.74, 6) is 1.98. The molecule has 3 nitrogen and oxygen atoms in total. The summed E-state index contributed by atoms with van der Waals surface area (Å²) in [5.41, 5.74) is 6.93. The van der Waals surface area contributed by atoms with Gasteiger partial charge in [-0.1, -0.05) is 19.1 Å². The first kappa shape index (κ1) is 12.2. The van der Waals surface area contributed by atoms with Crippen molar-refractivity contribution in [2.75, 3.05) is 18.6 Å². The van der Waals surface area contributed by atoms with E-state index in [1.807, 2.05) is 31.2 Å². The van der Waals surface area contributed by atoms with E-state index in [1.54, 1.807) is 7.11 Å². The third-order valence-corrected chi connectivity index (χ3v) is 3.61. The van der Waals surface area contributed by atoms with Gasteiger partial charge in [0.2, 0.25) is 0 Å². The van der Waals surface area contributed by atoms with Gasteiger partial charge >= 0.3 is 0 Å². The highest BCUT2D eigenvalue weighted by Crippen LogP contribution is 2.16. The van der Waals surface area contributed by atoms with Gasteiger partial charge in [-0.2, -0.15) is 0 Å². The predicted octanol–water partition coefficient (Wildman–Crippen LogP) is 1.46. The number of rotatable bonds is 5. The predicted molar refractivity (Wildman–Crippen MR) is 63.5 cm³/mol. The molecule has 0 fully saturated rings. The molecule has 0 heterocycles. The molecular formula is C11H17NO2S. The molecule has 0 bridgehead atoms. The molecule has 0 amide bonds. The third-order valence-electron chi connectivity index (χ3n) is 2.23. The molecule has 0 saturated heterocycles. The summed E-state index contributed by atoms with van der Waals surface area (Å²) in [6, 6.07) is 7.40. The lowest BCUT2D eigenvalue weighted by molar-refractivity contribution is 0.414. The van der Waals surface area contributed by atoms with Gasteiger partial charge in [-0.15, -0.1) is 0 Å². The normalized spacial score (nSPS) is 14.6. The average Bonchev–Trinajstić information content (AvgIpc) is 2.29. The van der Waals surface area contributed by atoms with Gasteiger partial charge in [-0.3, -0.25) is 4.21 Å². The Morgan fingerprint density at radius 3 is 2.47 bits per heavy atom. The maximum Gasteiger partial charge on any atom is 0.118 e. The summed E-state index contributed by atoms with van der Waals surface area (Å²) in [4.78, 5) is 0. The number of ether oxygens (including phenoxy) is 1. The van der Waals surface area contributed by atoms with Crippen molar-refractivity contribution >= 4 is 10.8 Å². The van der Waals surface area contributed by atoms with Crippen LogP contribution in [-0.2, 0) is 10.8 Å². The van der Waals surface area contributed by atoms with Crippen molar-refractivity contribution in [3.8, 4) is 5.75 Å². The smallest absolute Gasteiger partial charge is 0.118 e. The second kappa shape index (κ2) is 5.88. The SMILES string of the molecule is CCS(=O)CC(N)c1ccc(OC)cc1. The van der Waals surface area contributed by atoms with Crippen LogP contribution in [0.25, 0.3) is 0 Å². The minimum atomic E-state index is -0.821. The fourth-order valence-electron chi connectivity index (χ4n) is 1.27. The van der Waals surface area contributed by atoms with Crippen molar-refractivity contribution in [2.45, 2.75) is 13.0 Å². The zero-order valence-corrected chi connectivity index (χ0v) is 9.92. The molecule has 84 valence electrons. The van der Waals surface area contributed by atoms with Crippen LogP contribution in [0.1, 0.15) is 18.5 Å². The monoisotopic (exact) mass is 227 g/mol. The van der Waals surface area contributed by atoms with Crippen molar-refractivity contribution in [3.05, 3.63) is 29.8 Å². The van der Waals surface area contributed by atoms with Gasteiger partial charge in [-0.05, 0) is 17.7 Å². The number of methoxy groups -OCH3 is 1. The average molecular weight is 227 g/mol. The van der Waals surface area contributed by atoms with Crippen LogP contribution in [0.2, 0.25) is 0 Å². The summed E-state index contributed by atoms with van der Waals surface area (Å²) < 4.78 is 16.4. The largest absolute Gasteiger partial charge is 0.497 e. The van der Waals surface area contributed by atoms with Crippen LogP contribution in [0, 0.1) is 0 Å². The molecule has 2 N–H and O–H groups in total. The zero-order valence-electron chi connectivity index (χ0n) is 9.10. The Labute approximate surface area is 93.1 Å². The van der Waals surface area contributed by atoms with Crippen LogP contribution >= 0.6 is 0 Å². The molecule has 0 aliphatic heterocycles. The summed E-state index contributed by atoms with van der Waals surface area (Å²) in [6.07, 6.45) is 0. The number of hydrogen-bond acceptors (Lipinski definition) is 3. The molecule has 0 aliphatic carbocycles. The fraction of sp³-hybridized carbons (Fsp3) is 0.455. The Hall–Kier alpha value is -0.870.